The topological polar surface area (TPSA) is 6.48 Å². The molecule has 1 saturated carbocycles. The van der Waals surface area contributed by atoms with Crippen LogP contribution < -0.4 is 0 Å². The van der Waals surface area contributed by atoms with Gasteiger partial charge in [0.25, 0.3) is 0 Å². The van der Waals surface area contributed by atoms with Crippen LogP contribution in [-0.4, -0.2) is 29.4 Å². The molecular weight excluding hydrogens is 352 g/mol. The molecule has 1 aromatic rings. The van der Waals surface area contributed by atoms with Gasteiger partial charge in [-0.1, -0.05) is 74.6 Å². The monoisotopic (exact) mass is 386 g/mol. The number of fused-ring (bicyclic) bond motifs is 1. The van der Waals surface area contributed by atoms with E-state index in [9.17, 15) is 0 Å². The zero-order valence-electron chi connectivity index (χ0n) is 18.7. The molecule has 1 aromatic carbocycles. The van der Waals surface area contributed by atoms with E-state index in [-0.39, 0.29) is 22.4 Å². The van der Waals surface area contributed by atoms with Gasteiger partial charge in [0.05, 0.1) is 11.6 Å². The maximum absolute atomic E-state index is 4.14. The van der Waals surface area contributed by atoms with Crippen LogP contribution in [0.4, 0.5) is 0 Å². The van der Waals surface area contributed by atoms with E-state index >= 15 is 0 Å². The Kier molecular flexibility index (Phi) is 4.45. The highest BCUT2D eigenvalue weighted by molar-refractivity contribution is 5.83. The number of benzene rings is 1. The van der Waals surface area contributed by atoms with Gasteiger partial charge in [0.15, 0.2) is 0 Å². The molecule has 0 saturated heterocycles. The second kappa shape index (κ2) is 6.52. The summed E-state index contributed by atoms with van der Waals surface area (Å²) < 4.78 is 0. The summed E-state index contributed by atoms with van der Waals surface area (Å²) in [4.78, 5) is 4.86. The fourth-order valence-corrected chi connectivity index (χ4v) is 6.08. The number of likely N-dealkylation sites (N-methyl/N-ethyl adjacent to an activating group) is 2. The highest BCUT2D eigenvalue weighted by atomic mass is 15.3. The molecule has 2 aliphatic carbocycles. The molecule has 1 aliphatic heterocycles. The van der Waals surface area contributed by atoms with Crippen LogP contribution in [0, 0.1) is 10.8 Å². The van der Waals surface area contributed by atoms with E-state index in [0.29, 0.717) is 0 Å². The maximum atomic E-state index is 4.14. The molecule has 0 bridgehead atoms. The van der Waals surface area contributed by atoms with E-state index in [1.165, 1.54) is 22.4 Å². The summed E-state index contributed by atoms with van der Waals surface area (Å²) in [5.74, 6) is 0. The fourth-order valence-electron chi connectivity index (χ4n) is 6.08. The van der Waals surface area contributed by atoms with Crippen molar-refractivity contribution in [3.05, 3.63) is 90.2 Å². The van der Waals surface area contributed by atoms with E-state index in [4.69, 9.17) is 0 Å². The third-order valence-electron chi connectivity index (χ3n) is 8.14. The van der Waals surface area contributed by atoms with Gasteiger partial charge in [0.1, 0.15) is 0 Å². The molecule has 0 amide bonds. The van der Waals surface area contributed by atoms with Gasteiger partial charge in [-0.25, -0.2) is 0 Å². The van der Waals surface area contributed by atoms with Crippen LogP contribution in [-0.2, 0) is 0 Å². The average molecular weight is 387 g/mol. The average Bonchev–Trinajstić information content (AvgIpc) is 3.09. The van der Waals surface area contributed by atoms with Crippen molar-refractivity contribution >= 4 is 5.70 Å². The molecule has 0 aromatic heterocycles. The van der Waals surface area contributed by atoms with E-state index in [1.807, 2.05) is 0 Å². The standard InChI is InChI=1S/C27H34N2/c1-8-19-28(6)27(5)24(26(27,4)25(3)17-13-10-14-18-25)23-21-16-12-11-15-20(21)22(9-2)29(23)7/h8-17,19,22H,2,18H2,1,3-7H3/b19-8-,24-23+/t22-,25?,26?,27?/m0/s1. The lowest BCUT2D eigenvalue weighted by Gasteiger charge is -2.39. The first kappa shape index (κ1) is 19.8. The number of nitrogens with zero attached hydrogens (tertiary/aromatic N) is 2. The van der Waals surface area contributed by atoms with Gasteiger partial charge < -0.3 is 9.80 Å². The summed E-state index contributed by atoms with van der Waals surface area (Å²) in [6, 6.07) is 9.07. The molecule has 2 nitrogen and oxygen atoms in total. The van der Waals surface area contributed by atoms with Crippen molar-refractivity contribution < 1.29 is 0 Å². The Morgan fingerprint density at radius 2 is 1.90 bits per heavy atom. The Bertz CT molecular complexity index is 965. The molecule has 4 rings (SSSR count). The lowest BCUT2D eigenvalue weighted by molar-refractivity contribution is 0.158. The van der Waals surface area contributed by atoms with Gasteiger partial charge in [-0.15, -0.1) is 6.58 Å². The van der Waals surface area contributed by atoms with Gasteiger partial charge in [-0.05, 0) is 37.6 Å². The maximum Gasteiger partial charge on any atom is 0.0727 e. The Morgan fingerprint density at radius 3 is 2.52 bits per heavy atom. The minimum Gasteiger partial charge on any atom is -0.371 e. The highest BCUT2D eigenvalue weighted by Gasteiger charge is 2.76. The van der Waals surface area contributed by atoms with Crippen LogP contribution in [0.2, 0.25) is 0 Å². The third kappa shape index (κ3) is 2.35. The summed E-state index contributed by atoms with van der Waals surface area (Å²) >= 11 is 0. The van der Waals surface area contributed by atoms with Crippen molar-refractivity contribution in [1.29, 1.82) is 0 Å². The summed E-state index contributed by atoms with van der Waals surface area (Å²) in [6.07, 6.45) is 16.7. The third-order valence-corrected chi connectivity index (χ3v) is 8.14. The van der Waals surface area contributed by atoms with Crippen molar-refractivity contribution in [3.63, 3.8) is 0 Å². The normalized spacial score (nSPS) is 37.9. The highest BCUT2D eigenvalue weighted by Crippen LogP contribution is 2.76. The van der Waals surface area contributed by atoms with Gasteiger partial charge in [-0.2, -0.15) is 0 Å². The number of hydrogen-bond acceptors (Lipinski definition) is 2. The van der Waals surface area contributed by atoms with Crippen molar-refractivity contribution in [1.82, 2.24) is 9.80 Å². The molecule has 4 atom stereocenters. The zero-order chi connectivity index (χ0) is 21.0. The van der Waals surface area contributed by atoms with E-state index < -0.39 is 0 Å². The molecule has 3 aliphatic rings. The lowest BCUT2D eigenvalue weighted by atomic mass is 9.68. The van der Waals surface area contributed by atoms with Crippen LogP contribution >= 0.6 is 0 Å². The molecule has 1 fully saturated rings. The molecule has 0 radical (unpaired) electrons. The molecule has 1 heterocycles. The van der Waals surface area contributed by atoms with Crippen LogP contribution in [0.15, 0.2) is 79.1 Å². The predicted molar refractivity (Wildman–Crippen MR) is 124 cm³/mol. The van der Waals surface area contributed by atoms with Gasteiger partial charge in [0, 0.05) is 36.2 Å². The first-order valence-corrected chi connectivity index (χ1v) is 10.7. The molecule has 0 spiro atoms. The Hall–Kier alpha value is -2.48. The minimum atomic E-state index is -0.0590. The second-order valence-corrected chi connectivity index (χ2v) is 9.30. The smallest absolute Gasteiger partial charge is 0.0727 e. The zero-order valence-corrected chi connectivity index (χ0v) is 18.7. The number of hydrogen-bond donors (Lipinski definition) is 0. The lowest BCUT2D eigenvalue weighted by Crippen LogP contribution is -2.39. The first-order valence-electron chi connectivity index (χ1n) is 10.7. The molecular formula is C27H34N2. The van der Waals surface area contributed by atoms with Crippen molar-refractivity contribution in [3.8, 4) is 0 Å². The first-order chi connectivity index (χ1) is 13.8. The second-order valence-electron chi connectivity index (χ2n) is 9.30. The van der Waals surface area contributed by atoms with Gasteiger partial charge >= 0.3 is 0 Å². The van der Waals surface area contributed by atoms with Crippen LogP contribution in [0.1, 0.15) is 51.3 Å². The summed E-state index contributed by atoms with van der Waals surface area (Å²) in [5, 5.41) is 0. The number of rotatable bonds is 4. The van der Waals surface area contributed by atoms with Crippen molar-refractivity contribution in [2.75, 3.05) is 14.1 Å². The molecule has 3 unspecified atom stereocenters. The molecule has 2 heteroatoms. The largest absolute Gasteiger partial charge is 0.371 e. The predicted octanol–water partition coefficient (Wildman–Crippen LogP) is 6.34. The van der Waals surface area contributed by atoms with Crippen LogP contribution in [0.3, 0.4) is 0 Å². The Labute approximate surface area is 176 Å². The van der Waals surface area contributed by atoms with Crippen LogP contribution in [0.5, 0.6) is 0 Å². The van der Waals surface area contributed by atoms with Crippen molar-refractivity contribution in [2.45, 2.75) is 45.7 Å². The molecule has 152 valence electrons. The van der Waals surface area contributed by atoms with E-state index in [0.717, 1.165) is 6.42 Å². The Balaban J connectivity index is 1.99. The summed E-state index contributed by atoms with van der Waals surface area (Å²) in [6.45, 7) is 13.6. The SMILES string of the molecule is C=C[C@H]1c2ccccc2/C(=C2\C(C)(N(C)/C=C\C)C2(C)C2(C)C=CC=CC2)N1C. The van der Waals surface area contributed by atoms with Gasteiger partial charge in [-0.3, -0.25) is 0 Å². The van der Waals surface area contributed by atoms with Crippen molar-refractivity contribution in [2.24, 2.45) is 10.8 Å². The van der Waals surface area contributed by atoms with E-state index in [1.54, 1.807) is 0 Å². The molecule has 29 heavy (non-hydrogen) atoms. The molecule has 0 N–H and O–H groups in total. The van der Waals surface area contributed by atoms with Crippen LogP contribution in [0.25, 0.3) is 5.70 Å². The minimum absolute atomic E-state index is 0.0162. The Morgan fingerprint density at radius 1 is 1.17 bits per heavy atom. The fraction of sp³-hybridized carbons (Fsp3) is 0.407. The number of allylic oxidation sites excluding steroid dienone is 5. The summed E-state index contributed by atoms with van der Waals surface area (Å²) in [7, 11) is 4.45. The van der Waals surface area contributed by atoms with E-state index in [2.05, 4.69) is 125 Å². The van der Waals surface area contributed by atoms with Gasteiger partial charge in [0.2, 0.25) is 0 Å². The summed E-state index contributed by atoms with van der Waals surface area (Å²) in [5.41, 5.74) is 5.67. The quantitative estimate of drug-likeness (QED) is 0.557.